The van der Waals surface area contributed by atoms with Crippen LogP contribution in [0.4, 0.5) is 4.79 Å². The van der Waals surface area contributed by atoms with Crippen molar-refractivity contribution in [2.45, 2.75) is 26.7 Å². The molecule has 0 aromatic carbocycles. The average Bonchev–Trinajstić information content (AvgIpc) is 2.17. The number of hydrogen-bond acceptors (Lipinski definition) is 3. The summed E-state index contributed by atoms with van der Waals surface area (Å²) in [6, 6.07) is 0. The highest BCUT2D eigenvalue weighted by Gasteiger charge is 2.26. The highest BCUT2D eigenvalue weighted by molar-refractivity contribution is 5.67. The number of alkyl carbamates (subject to hydrolysis) is 1. The molecule has 0 saturated carbocycles. The summed E-state index contributed by atoms with van der Waals surface area (Å²) in [5, 5.41) is 6.11. The molecule has 1 rings (SSSR count). The van der Waals surface area contributed by atoms with Crippen LogP contribution in [0.25, 0.3) is 0 Å². The summed E-state index contributed by atoms with van der Waals surface area (Å²) in [5.74, 6) is 0. The fourth-order valence-corrected chi connectivity index (χ4v) is 1.67. The summed E-state index contributed by atoms with van der Waals surface area (Å²) in [6.07, 6.45) is 1.92. The van der Waals surface area contributed by atoms with Crippen LogP contribution in [-0.2, 0) is 4.74 Å². The lowest BCUT2D eigenvalue weighted by Crippen LogP contribution is -2.43. The third-order valence-electron chi connectivity index (χ3n) is 2.75. The number of carbonyl (C=O) groups excluding carboxylic acids is 1. The van der Waals surface area contributed by atoms with Gasteiger partial charge in [-0.25, -0.2) is 4.79 Å². The van der Waals surface area contributed by atoms with Crippen LogP contribution in [0, 0.1) is 5.41 Å². The van der Waals surface area contributed by atoms with Gasteiger partial charge in [0.2, 0.25) is 0 Å². The molecule has 1 aliphatic heterocycles. The maximum Gasteiger partial charge on any atom is 0.407 e. The van der Waals surface area contributed by atoms with E-state index in [0.29, 0.717) is 13.2 Å². The Morgan fingerprint density at radius 1 is 1.50 bits per heavy atom. The molecule has 0 unspecified atom stereocenters. The zero-order valence-electron chi connectivity index (χ0n) is 9.06. The van der Waals surface area contributed by atoms with E-state index in [1.54, 1.807) is 0 Å². The van der Waals surface area contributed by atoms with Gasteiger partial charge in [-0.3, -0.25) is 0 Å². The molecule has 1 saturated heterocycles. The first kappa shape index (κ1) is 11.3. The molecule has 0 aliphatic carbocycles. The first-order valence-corrected chi connectivity index (χ1v) is 5.28. The van der Waals surface area contributed by atoms with Gasteiger partial charge in [0.05, 0.1) is 6.61 Å². The highest BCUT2D eigenvalue weighted by Crippen LogP contribution is 2.26. The largest absolute Gasteiger partial charge is 0.450 e. The Balaban J connectivity index is 2.24. The maximum absolute atomic E-state index is 11.1. The number of nitrogens with one attached hydrogen (secondary N) is 2. The van der Waals surface area contributed by atoms with Crippen LogP contribution >= 0.6 is 0 Å². The van der Waals surface area contributed by atoms with Crippen molar-refractivity contribution in [1.82, 2.24) is 10.6 Å². The molecule has 0 atom stereocenters. The molecule has 0 spiro atoms. The van der Waals surface area contributed by atoms with E-state index in [1.807, 2.05) is 6.92 Å². The minimum absolute atomic E-state index is 0.234. The second kappa shape index (κ2) is 5.20. The predicted octanol–water partition coefficient (Wildman–Crippen LogP) is 1.12. The minimum atomic E-state index is -0.299. The molecule has 82 valence electrons. The summed E-state index contributed by atoms with van der Waals surface area (Å²) in [4.78, 5) is 11.1. The van der Waals surface area contributed by atoms with Crippen molar-refractivity contribution in [3.63, 3.8) is 0 Å². The van der Waals surface area contributed by atoms with E-state index in [1.165, 1.54) is 0 Å². The molecule has 4 heteroatoms. The molecule has 1 heterocycles. The molecule has 1 aliphatic rings. The smallest absolute Gasteiger partial charge is 0.407 e. The Kier molecular flexibility index (Phi) is 4.20. The monoisotopic (exact) mass is 200 g/mol. The number of piperidine rings is 1. The van der Waals surface area contributed by atoms with Crippen LogP contribution in [0.15, 0.2) is 0 Å². The van der Waals surface area contributed by atoms with Gasteiger partial charge in [-0.2, -0.15) is 0 Å². The first-order valence-electron chi connectivity index (χ1n) is 5.28. The normalized spacial score (nSPS) is 20.1. The number of amides is 1. The zero-order chi connectivity index (χ0) is 10.4. The average molecular weight is 200 g/mol. The van der Waals surface area contributed by atoms with Crippen LogP contribution in [-0.4, -0.2) is 32.3 Å². The van der Waals surface area contributed by atoms with Crippen molar-refractivity contribution < 1.29 is 9.53 Å². The van der Waals surface area contributed by atoms with Crippen molar-refractivity contribution in [2.75, 3.05) is 26.2 Å². The lowest BCUT2D eigenvalue weighted by molar-refractivity contribution is 0.141. The summed E-state index contributed by atoms with van der Waals surface area (Å²) < 4.78 is 4.81. The van der Waals surface area contributed by atoms with E-state index in [4.69, 9.17) is 4.74 Å². The Morgan fingerprint density at radius 3 is 2.71 bits per heavy atom. The Hall–Kier alpha value is -0.770. The van der Waals surface area contributed by atoms with Crippen molar-refractivity contribution in [1.29, 1.82) is 0 Å². The number of hydrogen-bond donors (Lipinski definition) is 2. The quantitative estimate of drug-likeness (QED) is 0.718. The maximum atomic E-state index is 11.1. The summed E-state index contributed by atoms with van der Waals surface area (Å²) in [6.45, 7) is 7.26. The van der Waals surface area contributed by atoms with E-state index in [0.717, 1.165) is 25.9 Å². The molecule has 1 amide bonds. The standard InChI is InChI=1S/C10H20N2O2/c1-3-14-9(13)12-8-10(2)4-6-11-7-5-10/h11H,3-8H2,1-2H3,(H,12,13). The van der Waals surface area contributed by atoms with Crippen molar-refractivity contribution in [3.05, 3.63) is 0 Å². The van der Waals surface area contributed by atoms with E-state index >= 15 is 0 Å². The Labute approximate surface area is 85.4 Å². The lowest BCUT2D eigenvalue weighted by atomic mass is 9.81. The van der Waals surface area contributed by atoms with E-state index in [9.17, 15) is 4.79 Å². The van der Waals surface area contributed by atoms with Gasteiger partial charge in [0.15, 0.2) is 0 Å². The molecule has 0 radical (unpaired) electrons. The summed E-state index contributed by atoms with van der Waals surface area (Å²) in [7, 11) is 0. The summed E-state index contributed by atoms with van der Waals surface area (Å²) >= 11 is 0. The van der Waals surface area contributed by atoms with Crippen LogP contribution < -0.4 is 10.6 Å². The zero-order valence-corrected chi connectivity index (χ0v) is 9.06. The predicted molar refractivity (Wildman–Crippen MR) is 55.2 cm³/mol. The summed E-state index contributed by atoms with van der Waals surface area (Å²) in [5.41, 5.74) is 0.234. The van der Waals surface area contributed by atoms with Gasteiger partial charge >= 0.3 is 6.09 Å². The second-order valence-electron chi connectivity index (χ2n) is 4.13. The molecule has 0 aromatic rings. The third-order valence-corrected chi connectivity index (χ3v) is 2.75. The topological polar surface area (TPSA) is 50.4 Å². The van der Waals surface area contributed by atoms with Crippen LogP contribution in [0.1, 0.15) is 26.7 Å². The molecule has 4 nitrogen and oxygen atoms in total. The van der Waals surface area contributed by atoms with Gasteiger partial charge < -0.3 is 15.4 Å². The molecule has 1 fully saturated rings. The highest BCUT2D eigenvalue weighted by atomic mass is 16.5. The fraction of sp³-hybridized carbons (Fsp3) is 0.900. The van der Waals surface area contributed by atoms with E-state index in [2.05, 4.69) is 17.6 Å². The van der Waals surface area contributed by atoms with Crippen LogP contribution in [0.2, 0.25) is 0 Å². The second-order valence-corrected chi connectivity index (χ2v) is 4.13. The van der Waals surface area contributed by atoms with Gasteiger partial charge in [-0.05, 0) is 38.3 Å². The van der Waals surface area contributed by atoms with Crippen molar-refractivity contribution in [3.8, 4) is 0 Å². The molecule has 0 aromatic heterocycles. The number of carbonyl (C=O) groups is 1. The molecule has 2 N–H and O–H groups in total. The van der Waals surface area contributed by atoms with E-state index < -0.39 is 0 Å². The molecule has 14 heavy (non-hydrogen) atoms. The first-order chi connectivity index (χ1) is 6.66. The number of ether oxygens (including phenoxy) is 1. The third kappa shape index (κ3) is 3.54. The molecular weight excluding hydrogens is 180 g/mol. The minimum Gasteiger partial charge on any atom is -0.450 e. The Morgan fingerprint density at radius 2 is 2.14 bits per heavy atom. The van der Waals surface area contributed by atoms with Gasteiger partial charge in [-0.1, -0.05) is 6.92 Å². The van der Waals surface area contributed by atoms with Gasteiger partial charge in [0.1, 0.15) is 0 Å². The molecule has 0 bridgehead atoms. The number of rotatable bonds is 3. The lowest BCUT2D eigenvalue weighted by Gasteiger charge is -2.33. The van der Waals surface area contributed by atoms with Crippen LogP contribution in [0.5, 0.6) is 0 Å². The van der Waals surface area contributed by atoms with Gasteiger partial charge in [0.25, 0.3) is 0 Å². The van der Waals surface area contributed by atoms with Gasteiger partial charge in [-0.15, -0.1) is 0 Å². The van der Waals surface area contributed by atoms with Gasteiger partial charge in [0, 0.05) is 6.54 Å². The van der Waals surface area contributed by atoms with E-state index in [-0.39, 0.29) is 11.5 Å². The van der Waals surface area contributed by atoms with Crippen LogP contribution in [0.3, 0.4) is 0 Å². The SMILES string of the molecule is CCOC(=O)NCC1(C)CCNCC1. The fourth-order valence-electron chi connectivity index (χ4n) is 1.67. The molecular formula is C10H20N2O2. The Bertz CT molecular complexity index is 189. The van der Waals surface area contributed by atoms with Crippen molar-refractivity contribution >= 4 is 6.09 Å². The van der Waals surface area contributed by atoms with Crippen molar-refractivity contribution in [2.24, 2.45) is 5.41 Å².